The number of likely N-dealkylation sites (N-methyl/N-ethyl adjacent to an activating group) is 1. The molecule has 1 saturated carbocycles. The molecule has 1 fully saturated rings. The van der Waals surface area contributed by atoms with Gasteiger partial charge in [-0.15, -0.1) is 24.0 Å². The lowest BCUT2D eigenvalue weighted by atomic mass is 10.2. The molecule has 0 atom stereocenters. The molecule has 0 heterocycles. The van der Waals surface area contributed by atoms with E-state index in [1.54, 1.807) is 20.2 Å². The molecule has 1 aromatic carbocycles. The van der Waals surface area contributed by atoms with Crippen molar-refractivity contribution < 1.29 is 9.18 Å². The zero-order chi connectivity index (χ0) is 16.1. The van der Waals surface area contributed by atoms with Gasteiger partial charge in [0.25, 0.3) is 0 Å². The number of hydrogen-bond acceptors (Lipinski definition) is 2. The highest BCUT2D eigenvalue weighted by atomic mass is 127. The number of halogens is 2. The van der Waals surface area contributed by atoms with Crippen LogP contribution in [-0.2, 0) is 11.3 Å². The van der Waals surface area contributed by atoms with Crippen molar-refractivity contribution in [3.8, 4) is 0 Å². The van der Waals surface area contributed by atoms with E-state index in [0.29, 0.717) is 18.5 Å². The highest BCUT2D eigenvalue weighted by Crippen LogP contribution is 2.19. The van der Waals surface area contributed by atoms with E-state index in [-0.39, 0.29) is 42.2 Å². The van der Waals surface area contributed by atoms with E-state index in [1.807, 2.05) is 18.0 Å². The first-order valence-electron chi connectivity index (χ1n) is 7.42. The maximum Gasteiger partial charge on any atom is 0.243 e. The van der Waals surface area contributed by atoms with Crippen molar-refractivity contribution in [1.82, 2.24) is 15.1 Å². The van der Waals surface area contributed by atoms with Gasteiger partial charge in [0.1, 0.15) is 12.4 Å². The second-order valence-corrected chi connectivity index (χ2v) is 5.83. The van der Waals surface area contributed by atoms with Crippen LogP contribution in [-0.4, -0.2) is 55.4 Å². The lowest BCUT2D eigenvalue weighted by Gasteiger charge is -2.23. The van der Waals surface area contributed by atoms with Gasteiger partial charge in [0.15, 0.2) is 5.96 Å². The number of nitrogens with zero attached hydrogens (tertiary/aromatic N) is 3. The number of carbonyl (C=O) groups excluding carboxylic acids is 1. The quantitative estimate of drug-likeness (QED) is 0.439. The normalized spacial score (nSPS) is 14.0. The molecule has 1 aliphatic carbocycles. The zero-order valence-electron chi connectivity index (χ0n) is 13.8. The molecule has 1 amide bonds. The topological polar surface area (TPSA) is 47.9 Å². The van der Waals surface area contributed by atoms with Crippen molar-refractivity contribution in [1.29, 1.82) is 0 Å². The Labute approximate surface area is 154 Å². The summed E-state index contributed by atoms with van der Waals surface area (Å²) in [5.74, 6) is 0.388. The standard InChI is InChI=1S/C16H23FN4O.HI/c1-20(2)15(22)10-18-16(19-14-7-8-14)21(3)11-12-5-4-6-13(17)9-12;/h4-6,9,14H,7-8,10-11H2,1-3H3,(H,18,19);1H. The third kappa shape index (κ3) is 6.72. The highest BCUT2D eigenvalue weighted by molar-refractivity contribution is 14.0. The predicted octanol–water partition coefficient (Wildman–Crippen LogP) is 2.07. The van der Waals surface area contributed by atoms with Gasteiger partial charge in [-0.3, -0.25) is 4.79 Å². The maximum absolute atomic E-state index is 13.3. The van der Waals surface area contributed by atoms with Crippen molar-refractivity contribution in [2.45, 2.75) is 25.4 Å². The van der Waals surface area contributed by atoms with Crippen LogP contribution in [0.4, 0.5) is 4.39 Å². The van der Waals surface area contributed by atoms with Crippen LogP contribution < -0.4 is 5.32 Å². The lowest BCUT2D eigenvalue weighted by Crippen LogP contribution is -2.40. The largest absolute Gasteiger partial charge is 0.353 e. The van der Waals surface area contributed by atoms with E-state index >= 15 is 0 Å². The molecule has 1 aromatic rings. The molecule has 0 saturated heterocycles. The molecule has 7 heteroatoms. The van der Waals surface area contributed by atoms with Crippen LogP contribution in [0.1, 0.15) is 18.4 Å². The van der Waals surface area contributed by atoms with Crippen molar-refractivity contribution in [3.63, 3.8) is 0 Å². The van der Waals surface area contributed by atoms with Crippen molar-refractivity contribution in [3.05, 3.63) is 35.6 Å². The monoisotopic (exact) mass is 434 g/mol. The van der Waals surface area contributed by atoms with Crippen LogP contribution in [0.15, 0.2) is 29.3 Å². The minimum Gasteiger partial charge on any atom is -0.353 e. The number of benzene rings is 1. The third-order valence-electron chi connectivity index (χ3n) is 3.44. The first-order chi connectivity index (χ1) is 10.5. The second-order valence-electron chi connectivity index (χ2n) is 5.83. The van der Waals surface area contributed by atoms with Gasteiger partial charge in [-0.1, -0.05) is 12.1 Å². The number of nitrogens with one attached hydrogen (secondary N) is 1. The molecule has 1 N–H and O–H groups in total. The fourth-order valence-electron chi connectivity index (χ4n) is 1.95. The van der Waals surface area contributed by atoms with Crippen LogP contribution in [0.5, 0.6) is 0 Å². The van der Waals surface area contributed by atoms with Crippen molar-refractivity contribution in [2.75, 3.05) is 27.7 Å². The Morgan fingerprint density at radius 1 is 1.35 bits per heavy atom. The Hall–Kier alpha value is -1.38. The van der Waals surface area contributed by atoms with Crippen molar-refractivity contribution >= 4 is 35.8 Å². The van der Waals surface area contributed by atoms with E-state index in [1.165, 1.54) is 17.0 Å². The Morgan fingerprint density at radius 2 is 2.04 bits per heavy atom. The molecular weight excluding hydrogens is 410 g/mol. The number of rotatable bonds is 5. The molecule has 128 valence electrons. The molecule has 23 heavy (non-hydrogen) atoms. The number of carbonyl (C=O) groups is 1. The van der Waals surface area contributed by atoms with Crippen LogP contribution in [0.2, 0.25) is 0 Å². The summed E-state index contributed by atoms with van der Waals surface area (Å²) in [5.41, 5.74) is 0.867. The summed E-state index contributed by atoms with van der Waals surface area (Å²) in [5, 5.41) is 3.33. The van der Waals surface area contributed by atoms with E-state index in [4.69, 9.17) is 0 Å². The molecule has 5 nitrogen and oxygen atoms in total. The van der Waals surface area contributed by atoms with Gasteiger partial charge in [-0.05, 0) is 30.5 Å². The van der Waals surface area contributed by atoms with E-state index in [2.05, 4.69) is 10.3 Å². The average Bonchev–Trinajstić information content (AvgIpc) is 3.26. The van der Waals surface area contributed by atoms with Gasteiger partial charge < -0.3 is 15.1 Å². The number of hydrogen-bond donors (Lipinski definition) is 1. The van der Waals surface area contributed by atoms with Crippen LogP contribution in [0.3, 0.4) is 0 Å². The summed E-state index contributed by atoms with van der Waals surface area (Å²) in [4.78, 5) is 19.5. The van der Waals surface area contributed by atoms with Gasteiger partial charge in [0, 0.05) is 33.7 Å². The molecule has 0 aliphatic heterocycles. The van der Waals surface area contributed by atoms with Gasteiger partial charge in [-0.25, -0.2) is 9.38 Å². The Morgan fingerprint density at radius 3 is 2.61 bits per heavy atom. The van der Waals surface area contributed by atoms with Crippen LogP contribution in [0.25, 0.3) is 0 Å². The summed E-state index contributed by atoms with van der Waals surface area (Å²) in [6.07, 6.45) is 2.24. The number of guanidine groups is 1. The smallest absolute Gasteiger partial charge is 0.243 e. The lowest BCUT2D eigenvalue weighted by molar-refractivity contribution is -0.127. The molecule has 1 aliphatic rings. The average molecular weight is 434 g/mol. The summed E-state index contributed by atoms with van der Waals surface area (Å²) >= 11 is 0. The fourth-order valence-corrected chi connectivity index (χ4v) is 1.95. The highest BCUT2D eigenvalue weighted by Gasteiger charge is 2.24. The summed E-state index contributed by atoms with van der Waals surface area (Å²) in [6.45, 7) is 0.641. The molecule has 0 aromatic heterocycles. The van der Waals surface area contributed by atoms with Gasteiger partial charge in [0.05, 0.1) is 0 Å². The van der Waals surface area contributed by atoms with Crippen molar-refractivity contribution in [2.24, 2.45) is 4.99 Å². The third-order valence-corrected chi connectivity index (χ3v) is 3.44. The van der Waals surface area contributed by atoms with E-state index in [0.717, 1.165) is 18.4 Å². The van der Waals surface area contributed by atoms with E-state index in [9.17, 15) is 9.18 Å². The molecule has 0 radical (unpaired) electrons. The number of amides is 1. The van der Waals surface area contributed by atoms with Gasteiger partial charge in [0.2, 0.25) is 5.91 Å². The molecule has 0 unspecified atom stereocenters. The number of aliphatic imine (C=N–C) groups is 1. The van der Waals surface area contributed by atoms with Crippen LogP contribution in [0, 0.1) is 5.82 Å². The molecule has 0 bridgehead atoms. The minimum atomic E-state index is -0.248. The summed E-state index contributed by atoms with van der Waals surface area (Å²) in [6, 6.07) is 6.94. The summed E-state index contributed by atoms with van der Waals surface area (Å²) < 4.78 is 13.3. The second kappa shape index (κ2) is 9.05. The fraction of sp³-hybridized carbons (Fsp3) is 0.500. The first kappa shape index (κ1) is 19.7. The Balaban J connectivity index is 0.00000264. The van der Waals surface area contributed by atoms with E-state index < -0.39 is 0 Å². The van der Waals surface area contributed by atoms with Crippen LogP contribution >= 0.6 is 24.0 Å². The predicted molar refractivity (Wildman–Crippen MR) is 100 cm³/mol. The minimum absolute atomic E-state index is 0. The first-order valence-corrected chi connectivity index (χ1v) is 7.42. The maximum atomic E-state index is 13.3. The van der Waals surface area contributed by atoms with Gasteiger partial charge in [-0.2, -0.15) is 0 Å². The molecule has 0 spiro atoms. The Kier molecular flexibility index (Phi) is 7.74. The summed E-state index contributed by atoms with van der Waals surface area (Å²) in [7, 11) is 5.31. The SMILES string of the molecule is CN(C)C(=O)CN=C(NC1CC1)N(C)Cc1cccc(F)c1.I. The Bertz CT molecular complexity index is 561. The zero-order valence-corrected chi connectivity index (χ0v) is 16.1. The molecule has 2 rings (SSSR count). The molecular formula is C16H24FIN4O. The van der Waals surface area contributed by atoms with Gasteiger partial charge >= 0.3 is 0 Å².